The standard InChI is InChI=1S/C10H9FN2O4/c1-17-10(16)6-2-5(4-13-9(6)11)8(15)7(14)3-12/h2,4,7-8,14-15H,1H3. The smallest absolute Gasteiger partial charge is 0.342 e. The maximum Gasteiger partial charge on any atom is 0.342 e. The Morgan fingerprint density at radius 2 is 2.29 bits per heavy atom. The summed E-state index contributed by atoms with van der Waals surface area (Å²) in [7, 11) is 1.06. The molecule has 0 spiro atoms. The van der Waals surface area contributed by atoms with Crippen LogP contribution in [0.15, 0.2) is 12.3 Å². The summed E-state index contributed by atoms with van der Waals surface area (Å²) in [5.74, 6) is -2.02. The van der Waals surface area contributed by atoms with Crippen molar-refractivity contribution in [2.45, 2.75) is 12.2 Å². The van der Waals surface area contributed by atoms with E-state index in [1.54, 1.807) is 0 Å². The molecule has 90 valence electrons. The van der Waals surface area contributed by atoms with Crippen LogP contribution in [0.4, 0.5) is 4.39 Å². The zero-order valence-electron chi connectivity index (χ0n) is 8.79. The molecule has 1 aromatic rings. The van der Waals surface area contributed by atoms with E-state index in [0.717, 1.165) is 19.4 Å². The molecule has 2 atom stereocenters. The molecule has 1 aromatic heterocycles. The van der Waals surface area contributed by atoms with E-state index in [1.807, 2.05) is 0 Å². The number of methoxy groups -OCH3 is 1. The lowest BCUT2D eigenvalue weighted by molar-refractivity contribution is 0.0517. The number of carbonyl (C=O) groups is 1. The van der Waals surface area contributed by atoms with Crippen molar-refractivity contribution in [3.8, 4) is 6.07 Å². The van der Waals surface area contributed by atoms with Gasteiger partial charge in [0.25, 0.3) is 0 Å². The maximum absolute atomic E-state index is 13.1. The molecule has 0 radical (unpaired) electrons. The fourth-order valence-electron chi connectivity index (χ4n) is 1.13. The van der Waals surface area contributed by atoms with Crippen LogP contribution in [0.3, 0.4) is 0 Å². The van der Waals surface area contributed by atoms with E-state index in [-0.39, 0.29) is 5.56 Å². The Kier molecular flexibility index (Phi) is 4.09. The van der Waals surface area contributed by atoms with Crippen molar-refractivity contribution in [2.24, 2.45) is 0 Å². The number of aliphatic hydroxyl groups is 2. The van der Waals surface area contributed by atoms with Gasteiger partial charge >= 0.3 is 5.97 Å². The predicted molar refractivity (Wildman–Crippen MR) is 52.1 cm³/mol. The molecule has 1 rings (SSSR count). The van der Waals surface area contributed by atoms with Gasteiger partial charge in [0.05, 0.1) is 13.2 Å². The number of ether oxygens (including phenoxy) is 1. The van der Waals surface area contributed by atoms with Gasteiger partial charge in [0.1, 0.15) is 11.7 Å². The number of hydrogen-bond donors (Lipinski definition) is 2. The van der Waals surface area contributed by atoms with Crippen LogP contribution in [0.5, 0.6) is 0 Å². The molecule has 0 aliphatic rings. The number of hydrogen-bond acceptors (Lipinski definition) is 6. The van der Waals surface area contributed by atoms with Crippen molar-refractivity contribution >= 4 is 5.97 Å². The Hall–Kier alpha value is -2.04. The molecular weight excluding hydrogens is 231 g/mol. The Labute approximate surface area is 95.9 Å². The lowest BCUT2D eigenvalue weighted by Crippen LogP contribution is -2.17. The average molecular weight is 240 g/mol. The van der Waals surface area contributed by atoms with Crippen LogP contribution in [0, 0.1) is 17.3 Å². The molecule has 2 N–H and O–H groups in total. The number of aromatic nitrogens is 1. The van der Waals surface area contributed by atoms with E-state index in [9.17, 15) is 14.3 Å². The van der Waals surface area contributed by atoms with Crippen molar-refractivity contribution in [1.29, 1.82) is 5.26 Å². The number of rotatable bonds is 3. The summed E-state index contributed by atoms with van der Waals surface area (Å²) in [6.45, 7) is 0. The highest BCUT2D eigenvalue weighted by atomic mass is 19.1. The SMILES string of the molecule is COC(=O)c1cc(C(O)C(O)C#N)cnc1F. The van der Waals surface area contributed by atoms with E-state index in [2.05, 4.69) is 9.72 Å². The Bertz CT molecular complexity index is 472. The molecule has 0 fully saturated rings. The van der Waals surface area contributed by atoms with Gasteiger partial charge in [0, 0.05) is 11.8 Å². The quantitative estimate of drug-likeness (QED) is 0.435. The number of halogens is 1. The summed E-state index contributed by atoms with van der Waals surface area (Å²) in [5.41, 5.74) is -0.532. The van der Waals surface area contributed by atoms with Gasteiger partial charge in [-0.15, -0.1) is 0 Å². The van der Waals surface area contributed by atoms with Gasteiger partial charge < -0.3 is 14.9 Å². The van der Waals surface area contributed by atoms with Crippen molar-refractivity contribution < 1.29 is 24.1 Å². The zero-order valence-corrected chi connectivity index (χ0v) is 8.79. The van der Waals surface area contributed by atoms with Gasteiger partial charge in [-0.1, -0.05) is 0 Å². The largest absolute Gasteiger partial charge is 0.465 e. The minimum absolute atomic E-state index is 0.0548. The number of nitrogens with zero attached hydrogens (tertiary/aromatic N) is 2. The molecule has 0 aromatic carbocycles. The first-order valence-electron chi connectivity index (χ1n) is 4.50. The van der Waals surface area contributed by atoms with Crippen LogP contribution in [0.2, 0.25) is 0 Å². The van der Waals surface area contributed by atoms with Crippen LogP contribution in [-0.4, -0.2) is 34.4 Å². The van der Waals surface area contributed by atoms with Crippen molar-refractivity contribution in [3.05, 3.63) is 29.3 Å². The monoisotopic (exact) mass is 240 g/mol. The highest BCUT2D eigenvalue weighted by Gasteiger charge is 2.22. The predicted octanol–water partition coefficient (Wildman–Crippen LogP) is -0.0748. The van der Waals surface area contributed by atoms with Crippen molar-refractivity contribution in [2.75, 3.05) is 7.11 Å². The molecule has 0 amide bonds. The molecule has 6 nitrogen and oxygen atoms in total. The lowest BCUT2D eigenvalue weighted by atomic mass is 10.1. The van der Waals surface area contributed by atoms with Gasteiger partial charge in [0.15, 0.2) is 6.10 Å². The lowest BCUT2D eigenvalue weighted by Gasteiger charge is -2.12. The normalized spacial score (nSPS) is 13.6. The highest BCUT2D eigenvalue weighted by Crippen LogP contribution is 2.18. The molecule has 0 aliphatic carbocycles. The summed E-state index contributed by atoms with van der Waals surface area (Å²) < 4.78 is 17.4. The maximum atomic E-state index is 13.1. The van der Waals surface area contributed by atoms with Crippen LogP contribution in [-0.2, 0) is 4.74 Å². The van der Waals surface area contributed by atoms with Gasteiger partial charge in [0.2, 0.25) is 5.95 Å². The third-order valence-electron chi connectivity index (χ3n) is 2.04. The molecule has 0 aliphatic heterocycles. The molecular formula is C10H9FN2O4. The Morgan fingerprint density at radius 1 is 1.65 bits per heavy atom. The third-order valence-corrected chi connectivity index (χ3v) is 2.04. The van der Waals surface area contributed by atoms with E-state index >= 15 is 0 Å². The van der Waals surface area contributed by atoms with Crippen LogP contribution < -0.4 is 0 Å². The number of nitriles is 1. The van der Waals surface area contributed by atoms with Gasteiger partial charge in [-0.05, 0) is 6.07 Å². The van der Waals surface area contributed by atoms with E-state index in [0.29, 0.717) is 0 Å². The molecule has 2 unspecified atom stereocenters. The second-order valence-corrected chi connectivity index (χ2v) is 3.12. The second-order valence-electron chi connectivity index (χ2n) is 3.12. The van der Waals surface area contributed by atoms with Crippen LogP contribution in [0.1, 0.15) is 22.0 Å². The number of carbonyl (C=O) groups excluding carboxylic acids is 1. The van der Waals surface area contributed by atoms with E-state index in [4.69, 9.17) is 10.4 Å². The Morgan fingerprint density at radius 3 is 2.82 bits per heavy atom. The van der Waals surface area contributed by atoms with Crippen LogP contribution in [0.25, 0.3) is 0 Å². The topological polar surface area (TPSA) is 103 Å². The summed E-state index contributed by atoms with van der Waals surface area (Å²) >= 11 is 0. The minimum atomic E-state index is -1.69. The van der Waals surface area contributed by atoms with E-state index in [1.165, 1.54) is 6.07 Å². The number of pyridine rings is 1. The first-order chi connectivity index (χ1) is 8.01. The van der Waals surface area contributed by atoms with Gasteiger partial charge in [-0.25, -0.2) is 9.78 Å². The summed E-state index contributed by atoms with van der Waals surface area (Å²) in [6, 6.07) is 2.38. The summed E-state index contributed by atoms with van der Waals surface area (Å²) in [6.07, 6.45) is -2.34. The number of aliphatic hydroxyl groups excluding tert-OH is 2. The highest BCUT2D eigenvalue weighted by molar-refractivity contribution is 5.89. The van der Waals surface area contributed by atoms with Crippen molar-refractivity contribution in [3.63, 3.8) is 0 Å². The van der Waals surface area contributed by atoms with E-state index < -0.39 is 29.7 Å². The second kappa shape index (κ2) is 5.34. The molecule has 7 heteroatoms. The molecule has 0 saturated carbocycles. The van der Waals surface area contributed by atoms with Crippen LogP contribution >= 0.6 is 0 Å². The third kappa shape index (κ3) is 2.75. The molecule has 0 bridgehead atoms. The molecule has 17 heavy (non-hydrogen) atoms. The minimum Gasteiger partial charge on any atom is -0.465 e. The average Bonchev–Trinajstić information content (AvgIpc) is 2.36. The molecule has 1 heterocycles. The summed E-state index contributed by atoms with van der Waals surface area (Å²) in [4.78, 5) is 14.4. The van der Waals surface area contributed by atoms with Gasteiger partial charge in [-0.3, -0.25) is 0 Å². The van der Waals surface area contributed by atoms with Crippen molar-refractivity contribution in [1.82, 2.24) is 4.98 Å². The summed E-state index contributed by atoms with van der Waals surface area (Å²) in [5, 5.41) is 27.0. The van der Waals surface area contributed by atoms with Gasteiger partial charge in [-0.2, -0.15) is 9.65 Å². The Balaban J connectivity index is 3.13. The fourth-order valence-corrected chi connectivity index (χ4v) is 1.13. The first kappa shape index (κ1) is 13.0. The first-order valence-corrected chi connectivity index (χ1v) is 4.50. The zero-order chi connectivity index (χ0) is 13.0. The fraction of sp³-hybridized carbons (Fsp3) is 0.300. The molecule has 0 saturated heterocycles. The number of esters is 1.